The van der Waals surface area contributed by atoms with E-state index in [-0.39, 0.29) is 5.97 Å². The average Bonchev–Trinajstić information content (AvgIpc) is 2.87. The summed E-state index contributed by atoms with van der Waals surface area (Å²) in [5.74, 6) is -0.217. The van der Waals surface area contributed by atoms with Gasteiger partial charge in [-0.25, -0.2) is 4.79 Å². The molecule has 1 heterocycles. The van der Waals surface area contributed by atoms with Crippen molar-refractivity contribution < 1.29 is 9.53 Å². The molecule has 0 aliphatic carbocycles. The first kappa shape index (κ1) is 14.8. The molecule has 0 aliphatic heterocycles. The highest BCUT2D eigenvalue weighted by molar-refractivity contribution is 7.12. The summed E-state index contributed by atoms with van der Waals surface area (Å²) in [5.41, 5.74) is 1.15. The molecule has 2 aromatic rings. The second kappa shape index (κ2) is 7.22. The number of aryl methyl sites for hydroxylation is 1. The van der Waals surface area contributed by atoms with Crippen LogP contribution >= 0.6 is 11.3 Å². The Balaban J connectivity index is 2.08. The van der Waals surface area contributed by atoms with E-state index in [2.05, 4.69) is 5.32 Å². The van der Waals surface area contributed by atoms with Crippen LogP contribution in [-0.4, -0.2) is 12.6 Å². The third kappa shape index (κ3) is 3.92. The fourth-order valence-corrected chi connectivity index (χ4v) is 2.89. The van der Waals surface area contributed by atoms with E-state index in [0.29, 0.717) is 13.2 Å². The molecule has 0 saturated carbocycles. The van der Waals surface area contributed by atoms with E-state index >= 15 is 0 Å². The van der Waals surface area contributed by atoms with Gasteiger partial charge in [-0.15, -0.1) is 11.3 Å². The highest BCUT2D eigenvalue weighted by atomic mass is 32.1. The highest BCUT2D eigenvalue weighted by Crippen LogP contribution is 2.24. The average molecular weight is 289 g/mol. The van der Waals surface area contributed by atoms with Gasteiger partial charge in [0.15, 0.2) is 0 Å². The van der Waals surface area contributed by atoms with E-state index in [0.717, 1.165) is 10.4 Å². The van der Waals surface area contributed by atoms with Crippen LogP contribution in [0.25, 0.3) is 0 Å². The standard InChI is InChI=1S/C16H19NO2S/c1-3-19-16(18)15(14-10-9-12(2)20-14)17-11-13-7-5-4-6-8-13/h4-10,15,17H,3,11H2,1-2H3. The number of benzene rings is 1. The van der Waals surface area contributed by atoms with Crippen molar-refractivity contribution in [2.24, 2.45) is 0 Å². The number of thiophene rings is 1. The molecule has 4 heteroatoms. The van der Waals surface area contributed by atoms with E-state index in [1.165, 1.54) is 4.88 Å². The van der Waals surface area contributed by atoms with Crippen molar-refractivity contribution in [3.63, 3.8) is 0 Å². The molecule has 1 N–H and O–H groups in total. The zero-order chi connectivity index (χ0) is 14.4. The fourth-order valence-electron chi connectivity index (χ4n) is 1.95. The molecule has 0 amide bonds. The molecular formula is C16H19NO2S. The van der Waals surface area contributed by atoms with Crippen LogP contribution in [0.1, 0.15) is 28.3 Å². The molecule has 1 aromatic heterocycles. The number of hydrogen-bond donors (Lipinski definition) is 1. The second-order valence-corrected chi connectivity index (χ2v) is 5.82. The minimum absolute atomic E-state index is 0.217. The highest BCUT2D eigenvalue weighted by Gasteiger charge is 2.22. The van der Waals surface area contributed by atoms with Crippen molar-refractivity contribution in [1.82, 2.24) is 5.32 Å². The molecular weight excluding hydrogens is 270 g/mol. The van der Waals surface area contributed by atoms with Crippen molar-refractivity contribution in [3.8, 4) is 0 Å². The molecule has 0 spiro atoms. The Hall–Kier alpha value is -1.65. The Kier molecular flexibility index (Phi) is 5.32. The van der Waals surface area contributed by atoms with Crippen LogP contribution in [0.3, 0.4) is 0 Å². The number of carbonyl (C=O) groups excluding carboxylic acids is 1. The van der Waals surface area contributed by atoms with Crippen LogP contribution in [0.5, 0.6) is 0 Å². The van der Waals surface area contributed by atoms with Crippen LogP contribution in [0.4, 0.5) is 0 Å². The van der Waals surface area contributed by atoms with Gasteiger partial charge in [0.1, 0.15) is 6.04 Å². The van der Waals surface area contributed by atoms with Crippen LogP contribution in [0, 0.1) is 6.92 Å². The lowest BCUT2D eigenvalue weighted by Crippen LogP contribution is -2.29. The number of rotatable bonds is 6. The topological polar surface area (TPSA) is 38.3 Å². The molecule has 0 bridgehead atoms. The number of esters is 1. The maximum absolute atomic E-state index is 12.1. The lowest BCUT2D eigenvalue weighted by Gasteiger charge is -2.16. The largest absolute Gasteiger partial charge is 0.465 e. The molecule has 0 aliphatic rings. The van der Waals surface area contributed by atoms with E-state index < -0.39 is 6.04 Å². The zero-order valence-electron chi connectivity index (χ0n) is 11.8. The summed E-state index contributed by atoms with van der Waals surface area (Å²) in [4.78, 5) is 14.3. The van der Waals surface area contributed by atoms with Crippen LogP contribution in [-0.2, 0) is 16.1 Å². The number of hydrogen-bond acceptors (Lipinski definition) is 4. The molecule has 1 aromatic carbocycles. The van der Waals surface area contributed by atoms with Gasteiger partial charge in [0, 0.05) is 16.3 Å². The lowest BCUT2D eigenvalue weighted by molar-refractivity contribution is -0.145. The number of nitrogens with one attached hydrogen (secondary N) is 1. The van der Waals surface area contributed by atoms with Gasteiger partial charge in [-0.05, 0) is 31.5 Å². The molecule has 0 radical (unpaired) electrons. The maximum Gasteiger partial charge on any atom is 0.328 e. The van der Waals surface area contributed by atoms with Gasteiger partial charge in [-0.3, -0.25) is 5.32 Å². The summed E-state index contributed by atoms with van der Waals surface area (Å²) < 4.78 is 5.16. The van der Waals surface area contributed by atoms with Crippen molar-refractivity contribution >= 4 is 17.3 Å². The van der Waals surface area contributed by atoms with Crippen molar-refractivity contribution in [2.45, 2.75) is 26.4 Å². The van der Waals surface area contributed by atoms with Crippen LogP contribution in [0.2, 0.25) is 0 Å². The smallest absolute Gasteiger partial charge is 0.328 e. The fraction of sp³-hybridized carbons (Fsp3) is 0.312. The van der Waals surface area contributed by atoms with Gasteiger partial charge in [-0.2, -0.15) is 0 Å². The van der Waals surface area contributed by atoms with E-state index in [1.54, 1.807) is 11.3 Å². The van der Waals surface area contributed by atoms with Crippen molar-refractivity contribution in [3.05, 3.63) is 57.8 Å². The number of ether oxygens (including phenoxy) is 1. The summed E-state index contributed by atoms with van der Waals surface area (Å²) >= 11 is 1.62. The Morgan fingerprint density at radius 2 is 2.00 bits per heavy atom. The first-order chi connectivity index (χ1) is 9.70. The molecule has 0 saturated heterocycles. The summed E-state index contributed by atoms with van der Waals surface area (Å²) in [6.07, 6.45) is 0. The third-order valence-corrected chi connectivity index (χ3v) is 3.99. The Bertz CT molecular complexity index is 551. The van der Waals surface area contributed by atoms with E-state index in [4.69, 9.17) is 4.74 Å². The molecule has 3 nitrogen and oxygen atoms in total. The first-order valence-electron chi connectivity index (χ1n) is 6.71. The van der Waals surface area contributed by atoms with Crippen LogP contribution < -0.4 is 5.32 Å². The molecule has 20 heavy (non-hydrogen) atoms. The maximum atomic E-state index is 12.1. The Morgan fingerprint density at radius 1 is 1.25 bits per heavy atom. The summed E-state index contributed by atoms with van der Waals surface area (Å²) in [6, 6.07) is 13.7. The van der Waals surface area contributed by atoms with Gasteiger partial charge in [-0.1, -0.05) is 30.3 Å². The summed E-state index contributed by atoms with van der Waals surface area (Å²) in [7, 11) is 0. The van der Waals surface area contributed by atoms with E-state index in [1.807, 2.05) is 56.3 Å². The third-order valence-electron chi connectivity index (χ3n) is 2.92. The predicted molar refractivity (Wildman–Crippen MR) is 81.7 cm³/mol. The first-order valence-corrected chi connectivity index (χ1v) is 7.52. The second-order valence-electron chi connectivity index (χ2n) is 4.50. The Labute approximate surface area is 123 Å². The molecule has 0 fully saturated rings. The SMILES string of the molecule is CCOC(=O)C(NCc1ccccc1)c1ccc(C)s1. The molecule has 2 rings (SSSR count). The summed E-state index contributed by atoms with van der Waals surface area (Å²) in [6.45, 7) is 4.90. The normalized spacial score (nSPS) is 12.1. The minimum atomic E-state index is -0.395. The van der Waals surface area contributed by atoms with Crippen LogP contribution in [0.15, 0.2) is 42.5 Å². The van der Waals surface area contributed by atoms with Gasteiger partial charge in [0.05, 0.1) is 6.61 Å². The Morgan fingerprint density at radius 3 is 2.60 bits per heavy atom. The minimum Gasteiger partial charge on any atom is -0.465 e. The monoisotopic (exact) mass is 289 g/mol. The zero-order valence-corrected chi connectivity index (χ0v) is 12.6. The van der Waals surface area contributed by atoms with Gasteiger partial charge in [0.2, 0.25) is 0 Å². The van der Waals surface area contributed by atoms with Crippen molar-refractivity contribution in [2.75, 3.05) is 6.61 Å². The summed E-state index contributed by atoms with van der Waals surface area (Å²) in [5, 5.41) is 3.29. The van der Waals surface area contributed by atoms with Crippen molar-refractivity contribution in [1.29, 1.82) is 0 Å². The predicted octanol–water partition coefficient (Wildman–Crippen LogP) is 3.45. The number of carbonyl (C=O) groups is 1. The quantitative estimate of drug-likeness (QED) is 0.828. The van der Waals surface area contributed by atoms with Gasteiger partial charge < -0.3 is 4.74 Å². The van der Waals surface area contributed by atoms with Gasteiger partial charge in [0.25, 0.3) is 0 Å². The molecule has 1 atom stereocenters. The van der Waals surface area contributed by atoms with E-state index in [9.17, 15) is 4.79 Å². The van der Waals surface area contributed by atoms with Gasteiger partial charge >= 0.3 is 5.97 Å². The molecule has 106 valence electrons. The molecule has 1 unspecified atom stereocenters. The lowest BCUT2D eigenvalue weighted by atomic mass is 10.2.